The number of halogens is 2. The minimum absolute atomic E-state index is 0.364. The number of nitrogens with one attached hydrogen (secondary N) is 2. The molecule has 6 heteroatoms. The van der Waals surface area contributed by atoms with Crippen molar-refractivity contribution in [1.82, 2.24) is 9.97 Å². The minimum Gasteiger partial charge on any atom is -0.367 e. The summed E-state index contributed by atoms with van der Waals surface area (Å²) in [6.07, 6.45) is 2.55. The van der Waals surface area contributed by atoms with Crippen LogP contribution in [0, 0.1) is 0 Å². The molecule has 0 bridgehead atoms. The van der Waals surface area contributed by atoms with Crippen LogP contribution < -0.4 is 10.6 Å². The van der Waals surface area contributed by atoms with Gasteiger partial charge in [0.15, 0.2) is 0 Å². The van der Waals surface area contributed by atoms with E-state index in [1.165, 1.54) is 6.33 Å². The van der Waals surface area contributed by atoms with Crippen molar-refractivity contribution in [1.29, 1.82) is 0 Å². The van der Waals surface area contributed by atoms with Gasteiger partial charge in [0.05, 0.1) is 10.0 Å². The van der Waals surface area contributed by atoms with Crippen molar-refractivity contribution in [2.24, 2.45) is 0 Å². The van der Waals surface area contributed by atoms with Gasteiger partial charge in [0.25, 0.3) is 0 Å². The smallest absolute Gasteiger partial charge is 0.135 e. The lowest BCUT2D eigenvalue weighted by molar-refractivity contribution is 0.758. The summed E-state index contributed by atoms with van der Waals surface area (Å²) in [5, 5.41) is 7.50. The van der Waals surface area contributed by atoms with Crippen LogP contribution in [-0.4, -0.2) is 16.0 Å². The lowest BCUT2D eigenvalue weighted by atomic mass is 10.2. The van der Waals surface area contributed by atoms with Crippen molar-refractivity contribution in [2.45, 2.75) is 26.3 Å². The maximum Gasteiger partial charge on any atom is 0.135 e. The molecule has 20 heavy (non-hydrogen) atoms. The molecule has 0 radical (unpaired) electrons. The zero-order valence-corrected chi connectivity index (χ0v) is 12.8. The summed E-state index contributed by atoms with van der Waals surface area (Å²) in [4.78, 5) is 8.37. The average Bonchev–Trinajstić information content (AvgIpc) is 2.43. The molecule has 2 N–H and O–H groups in total. The van der Waals surface area contributed by atoms with Crippen LogP contribution in [-0.2, 0) is 0 Å². The van der Waals surface area contributed by atoms with Gasteiger partial charge in [0, 0.05) is 17.8 Å². The molecule has 0 amide bonds. The molecule has 2 rings (SSSR count). The van der Waals surface area contributed by atoms with E-state index in [0.717, 1.165) is 17.9 Å². The molecule has 0 spiro atoms. The summed E-state index contributed by atoms with van der Waals surface area (Å²) in [5.74, 6) is 1.49. The van der Waals surface area contributed by atoms with Crippen LogP contribution in [0.1, 0.15) is 20.3 Å². The topological polar surface area (TPSA) is 49.8 Å². The van der Waals surface area contributed by atoms with Crippen LogP contribution in [0.2, 0.25) is 10.0 Å². The molecule has 0 fully saturated rings. The highest BCUT2D eigenvalue weighted by Crippen LogP contribution is 2.26. The first-order valence-electron chi connectivity index (χ1n) is 6.39. The Morgan fingerprint density at radius 2 is 1.85 bits per heavy atom. The standard InChI is InChI=1S/C14H16Cl2N4/c1-3-9(2)19-13-7-14(18-8-17-13)20-10-4-5-11(15)12(16)6-10/h4-9H,3H2,1-2H3,(H2,17,18,19,20). The molecule has 1 heterocycles. The summed E-state index contributed by atoms with van der Waals surface area (Å²) in [7, 11) is 0. The summed E-state index contributed by atoms with van der Waals surface area (Å²) in [5.41, 5.74) is 0.826. The lowest BCUT2D eigenvalue weighted by Gasteiger charge is -2.13. The van der Waals surface area contributed by atoms with E-state index in [4.69, 9.17) is 23.2 Å². The van der Waals surface area contributed by atoms with Gasteiger partial charge in [-0.25, -0.2) is 9.97 Å². The number of anilines is 3. The Balaban J connectivity index is 2.12. The largest absolute Gasteiger partial charge is 0.367 e. The highest BCUT2D eigenvalue weighted by Gasteiger charge is 2.04. The zero-order chi connectivity index (χ0) is 14.5. The molecule has 4 nitrogen and oxygen atoms in total. The molecule has 0 aliphatic heterocycles. The van der Waals surface area contributed by atoms with Crippen LogP contribution in [0.4, 0.5) is 17.3 Å². The van der Waals surface area contributed by atoms with E-state index in [1.807, 2.05) is 12.1 Å². The molecule has 2 aromatic rings. The summed E-state index contributed by atoms with van der Waals surface area (Å²) in [6, 6.07) is 7.56. The fraction of sp³-hybridized carbons (Fsp3) is 0.286. The van der Waals surface area contributed by atoms with Gasteiger partial charge in [0.2, 0.25) is 0 Å². The number of aromatic nitrogens is 2. The van der Waals surface area contributed by atoms with Gasteiger partial charge in [-0.05, 0) is 31.5 Å². The van der Waals surface area contributed by atoms with Crippen LogP contribution in [0.25, 0.3) is 0 Å². The Bertz CT molecular complexity index is 589. The predicted octanol–water partition coefficient (Wildman–Crippen LogP) is 4.74. The van der Waals surface area contributed by atoms with Crippen LogP contribution >= 0.6 is 23.2 Å². The summed E-state index contributed by atoms with van der Waals surface area (Å²) in [6.45, 7) is 4.22. The molecular formula is C14H16Cl2N4. The third-order valence-corrected chi connectivity index (χ3v) is 3.60. The summed E-state index contributed by atoms with van der Waals surface area (Å²) < 4.78 is 0. The number of hydrogen-bond acceptors (Lipinski definition) is 4. The molecule has 1 atom stereocenters. The molecule has 0 aliphatic rings. The molecule has 1 aromatic heterocycles. The van der Waals surface area contributed by atoms with Crippen molar-refractivity contribution in [3.8, 4) is 0 Å². The van der Waals surface area contributed by atoms with E-state index in [9.17, 15) is 0 Å². The van der Waals surface area contributed by atoms with Crippen LogP contribution in [0.5, 0.6) is 0 Å². The number of rotatable bonds is 5. The van der Waals surface area contributed by atoms with E-state index in [-0.39, 0.29) is 0 Å². The van der Waals surface area contributed by atoms with Gasteiger partial charge >= 0.3 is 0 Å². The first kappa shape index (κ1) is 14.9. The number of nitrogens with zero attached hydrogens (tertiary/aromatic N) is 2. The average molecular weight is 311 g/mol. The first-order valence-corrected chi connectivity index (χ1v) is 7.14. The fourth-order valence-electron chi connectivity index (χ4n) is 1.58. The van der Waals surface area contributed by atoms with Crippen molar-refractivity contribution in [3.63, 3.8) is 0 Å². The molecule has 0 saturated carbocycles. The van der Waals surface area contributed by atoms with Crippen molar-refractivity contribution in [3.05, 3.63) is 40.6 Å². The normalized spacial score (nSPS) is 12.0. The minimum atomic E-state index is 0.364. The Morgan fingerprint density at radius 3 is 2.55 bits per heavy atom. The fourth-order valence-corrected chi connectivity index (χ4v) is 1.88. The molecule has 0 aliphatic carbocycles. The van der Waals surface area contributed by atoms with E-state index < -0.39 is 0 Å². The molecule has 1 unspecified atom stereocenters. The SMILES string of the molecule is CCC(C)Nc1cc(Nc2ccc(Cl)c(Cl)c2)ncn1. The van der Waals surface area contributed by atoms with Crippen molar-refractivity contribution < 1.29 is 0 Å². The Labute approximate surface area is 128 Å². The van der Waals surface area contributed by atoms with Gasteiger partial charge in [0.1, 0.15) is 18.0 Å². The molecular weight excluding hydrogens is 295 g/mol. The molecule has 106 valence electrons. The second-order valence-corrected chi connectivity index (χ2v) is 5.31. The van der Waals surface area contributed by atoms with E-state index in [2.05, 4.69) is 34.4 Å². The predicted molar refractivity (Wildman–Crippen MR) is 85.2 cm³/mol. The van der Waals surface area contributed by atoms with E-state index in [0.29, 0.717) is 21.9 Å². The first-order chi connectivity index (χ1) is 9.58. The Morgan fingerprint density at radius 1 is 1.10 bits per heavy atom. The highest BCUT2D eigenvalue weighted by atomic mass is 35.5. The van der Waals surface area contributed by atoms with Gasteiger partial charge in [-0.3, -0.25) is 0 Å². The number of benzene rings is 1. The number of hydrogen-bond donors (Lipinski definition) is 2. The monoisotopic (exact) mass is 310 g/mol. The van der Waals surface area contributed by atoms with E-state index in [1.54, 1.807) is 12.1 Å². The van der Waals surface area contributed by atoms with E-state index >= 15 is 0 Å². The third-order valence-electron chi connectivity index (χ3n) is 2.87. The zero-order valence-electron chi connectivity index (χ0n) is 11.3. The van der Waals surface area contributed by atoms with Gasteiger partial charge in [-0.1, -0.05) is 30.1 Å². The van der Waals surface area contributed by atoms with Gasteiger partial charge in [-0.2, -0.15) is 0 Å². The molecule has 0 saturated heterocycles. The van der Waals surface area contributed by atoms with Crippen LogP contribution in [0.15, 0.2) is 30.6 Å². The van der Waals surface area contributed by atoms with Crippen molar-refractivity contribution >= 4 is 40.5 Å². The maximum absolute atomic E-state index is 5.98. The maximum atomic E-state index is 5.98. The van der Waals surface area contributed by atoms with Gasteiger partial charge < -0.3 is 10.6 Å². The lowest BCUT2D eigenvalue weighted by Crippen LogP contribution is -2.14. The highest BCUT2D eigenvalue weighted by molar-refractivity contribution is 6.42. The third kappa shape index (κ3) is 3.99. The van der Waals surface area contributed by atoms with Crippen molar-refractivity contribution in [2.75, 3.05) is 10.6 Å². The summed E-state index contributed by atoms with van der Waals surface area (Å²) >= 11 is 11.9. The molecule has 1 aromatic carbocycles. The second kappa shape index (κ2) is 6.77. The Hall–Kier alpha value is -1.52. The van der Waals surface area contributed by atoms with Crippen LogP contribution in [0.3, 0.4) is 0 Å². The quantitative estimate of drug-likeness (QED) is 0.837. The Kier molecular flexibility index (Phi) is 5.04. The second-order valence-electron chi connectivity index (χ2n) is 4.50. The van der Waals surface area contributed by atoms with Gasteiger partial charge in [-0.15, -0.1) is 0 Å².